The maximum absolute atomic E-state index is 14.1. The number of aryl methyl sites for hydroxylation is 2. The van der Waals surface area contributed by atoms with Crippen molar-refractivity contribution in [2.24, 2.45) is 5.92 Å². The summed E-state index contributed by atoms with van der Waals surface area (Å²) in [4.78, 5) is 52.5. The number of aliphatic carboxylic acids is 1. The molecule has 298 valence electrons. The van der Waals surface area contributed by atoms with Gasteiger partial charge in [-0.05, 0) is 142 Å². The molecule has 7 rings (SSSR count). The summed E-state index contributed by atoms with van der Waals surface area (Å²) in [5, 5.41) is 28.3. The molecule has 1 saturated heterocycles. The first-order chi connectivity index (χ1) is 27.5. The second kappa shape index (κ2) is 20.8. The third-order valence-electron chi connectivity index (χ3n) is 11.3. The van der Waals surface area contributed by atoms with Crippen molar-refractivity contribution in [2.75, 3.05) is 28.6 Å². The number of amides is 2. The van der Waals surface area contributed by atoms with E-state index in [0.29, 0.717) is 44.2 Å². The molecule has 59 heavy (non-hydrogen) atoms. The number of nitrogens with one attached hydrogen (secondary N) is 2. The minimum Gasteiger partial charge on any atom is -0.550 e. The zero-order valence-electron chi connectivity index (χ0n) is 33.7. The van der Waals surface area contributed by atoms with Crippen molar-refractivity contribution >= 4 is 50.8 Å². The molecule has 3 fully saturated rings. The summed E-state index contributed by atoms with van der Waals surface area (Å²) >= 11 is 0. The average molecular weight is 837 g/mol. The second-order valence-electron chi connectivity index (χ2n) is 15.3. The van der Waals surface area contributed by atoms with E-state index in [1.807, 2.05) is 30.3 Å². The van der Waals surface area contributed by atoms with Gasteiger partial charge in [-0.25, -0.2) is 8.42 Å². The van der Waals surface area contributed by atoms with Crippen molar-refractivity contribution < 1.29 is 96.9 Å². The van der Waals surface area contributed by atoms with Crippen LogP contribution in [-0.2, 0) is 27.7 Å². The zero-order chi connectivity index (χ0) is 40.1. The maximum atomic E-state index is 14.1. The summed E-state index contributed by atoms with van der Waals surface area (Å²) in [7, 11) is -4.00. The van der Waals surface area contributed by atoms with Gasteiger partial charge in [-0.3, -0.25) is 9.59 Å². The molecule has 1 aliphatic heterocycles. The summed E-state index contributed by atoms with van der Waals surface area (Å²) in [5.74, 6) is -3.88. The molecule has 0 spiro atoms. The number of hydrogen-bond acceptors (Lipinski definition) is 9. The van der Waals surface area contributed by atoms with E-state index in [9.17, 15) is 37.8 Å². The molecule has 15 heteroatoms. The Morgan fingerprint density at radius 1 is 0.661 bits per heavy atom. The van der Waals surface area contributed by atoms with Crippen molar-refractivity contribution in [2.45, 2.75) is 87.6 Å². The van der Waals surface area contributed by atoms with Crippen molar-refractivity contribution in [1.29, 1.82) is 0 Å². The van der Waals surface area contributed by atoms with Crippen molar-refractivity contribution in [3.63, 3.8) is 0 Å². The van der Waals surface area contributed by atoms with E-state index < -0.39 is 39.7 Å². The van der Waals surface area contributed by atoms with Crippen LogP contribution in [0, 0.1) is 5.92 Å². The number of piperidine rings is 1. The smallest absolute Gasteiger partial charge is 0.550 e. The summed E-state index contributed by atoms with van der Waals surface area (Å²) < 4.78 is 29.7. The van der Waals surface area contributed by atoms with Crippen LogP contribution in [0.2, 0.25) is 0 Å². The number of carbonyl (C=O) groups excluding carboxylic acids is 4. The molecular formula is C44H46N4Na2O8S. The molecule has 2 aliphatic carbocycles. The van der Waals surface area contributed by atoms with Gasteiger partial charge in [0.25, 0.3) is 11.8 Å². The number of hydrogen-bond donors (Lipinski definition) is 2. The van der Waals surface area contributed by atoms with E-state index in [1.54, 1.807) is 24.3 Å². The molecule has 4 aromatic rings. The van der Waals surface area contributed by atoms with Crippen molar-refractivity contribution in [1.82, 2.24) is 4.31 Å². The number of carbonyl (C=O) groups is 4. The summed E-state index contributed by atoms with van der Waals surface area (Å²) in [6, 6.07) is 24.8. The number of aromatic carboxylic acids is 1. The van der Waals surface area contributed by atoms with Crippen LogP contribution in [0.4, 0.5) is 17.1 Å². The number of nitrogens with zero attached hydrogens (tertiary/aromatic N) is 2. The Hall–Kier alpha value is -3.53. The molecule has 0 aromatic heterocycles. The van der Waals surface area contributed by atoms with Crippen LogP contribution in [0.25, 0.3) is 0 Å². The van der Waals surface area contributed by atoms with Crippen LogP contribution in [0.5, 0.6) is 0 Å². The van der Waals surface area contributed by atoms with Crippen molar-refractivity contribution in [3.05, 3.63) is 119 Å². The SMILES string of the molecule is O=C([O-])c1ccc(CCc2ccc(NC(=O)c3cc(N4CCCCC4)ccc3NC(=O)c3cccc(S(=O)(=O)N(C4CCC(C(=O)[O-])CC4)C4CC4)c3)cc2)cc1.[Na+].[Na+]. The van der Waals surface area contributed by atoms with Gasteiger partial charge < -0.3 is 35.3 Å². The largest absolute Gasteiger partial charge is 1.00 e. The first-order valence-corrected chi connectivity index (χ1v) is 21.2. The number of carboxylic acid groups (broad SMARTS) is 2. The third kappa shape index (κ3) is 11.6. The van der Waals surface area contributed by atoms with Crippen molar-refractivity contribution in [3.8, 4) is 0 Å². The Labute approximate surface area is 389 Å². The second-order valence-corrected chi connectivity index (χ2v) is 17.1. The normalized spacial score (nSPS) is 17.9. The fraction of sp³-hybridized carbons (Fsp3) is 0.364. The monoisotopic (exact) mass is 836 g/mol. The molecule has 12 nitrogen and oxygen atoms in total. The standard InChI is InChI=1S/C44H48N4O8S.2Na/c49-41(33-5-4-6-38(27-33)57(55,56)48(36-21-22-36)35-19-15-32(16-20-35)44(53)54)46-40-24-23-37(47-25-2-1-3-26-47)28-39(40)42(50)45-34-17-11-30(12-18-34)8-7-29-9-13-31(14-10-29)43(51)52;;/h4-6,9-14,17-18,23-24,27-28,32,35-36H,1-3,7-8,15-16,19-22,25-26H2,(H,45,50)(H,46,49)(H,51,52)(H,53,54);;/q;2*+1/p-2. The van der Waals surface area contributed by atoms with Crippen LogP contribution in [-0.4, -0.2) is 61.6 Å². The van der Waals surface area contributed by atoms with Crippen LogP contribution >= 0.6 is 0 Å². The van der Waals surface area contributed by atoms with Gasteiger partial charge in [0.15, 0.2) is 0 Å². The van der Waals surface area contributed by atoms with E-state index in [-0.39, 0.29) is 98.5 Å². The van der Waals surface area contributed by atoms with E-state index in [4.69, 9.17) is 0 Å². The minimum atomic E-state index is -4.00. The van der Waals surface area contributed by atoms with Gasteiger partial charge in [0, 0.05) is 48.1 Å². The third-order valence-corrected chi connectivity index (χ3v) is 13.3. The molecule has 3 aliphatic rings. The van der Waals surface area contributed by atoms with Crippen LogP contribution in [0.1, 0.15) is 100.0 Å². The van der Waals surface area contributed by atoms with Gasteiger partial charge >= 0.3 is 59.1 Å². The maximum Gasteiger partial charge on any atom is 1.00 e. The molecule has 2 amide bonds. The number of rotatable bonds is 14. The Morgan fingerprint density at radius 3 is 1.83 bits per heavy atom. The molecule has 0 radical (unpaired) electrons. The summed E-state index contributed by atoms with van der Waals surface area (Å²) in [6.07, 6.45) is 7.67. The summed E-state index contributed by atoms with van der Waals surface area (Å²) in [5.41, 5.74) is 4.23. The predicted octanol–water partition coefficient (Wildman–Crippen LogP) is -1.20. The Bertz CT molecular complexity index is 2240. The summed E-state index contributed by atoms with van der Waals surface area (Å²) in [6.45, 7) is 1.71. The van der Waals surface area contributed by atoms with E-state index in [0.717, 1.165) is 62.0 Å². The molecule has 1 heterocycles. The molecule has 2 N–H and O–H groups in total. The van der Waals surface area contributed by atoms with Crippen LogP contribution in [0.3, 0.4) is 0 Å². The molecule has 2 saturated carbocycles. The van der Waals surface area contributed by atoms with Crippen LogP contribution < -0.4 is 84.9 Å². The minimum absolute atomic E-state index is 0. The first-order valence-electron chi connectivity index (χ1n) is 19.7. The fourth-order valence-corrected chi connectivity index (χ4v) is 9.90. The average Bonchev–Trinajstić information content (AvgIpc) is 4.06. The number of anilines is 3. The van der Waals surface area contributed by atoms with E-state index in [2.05, 4.69) is 15.5 Å². The number of carboxylic acids is 2. The van der Waals surface area contributed by atoms with Gasteiger partial charge in [-0.1, -0.05) is 42.5 Å². The number of sulfonamides is 1. The predicted molar refractivity (Wildman–Crippen MR) is 212 cm³/mol. The topological polar surface area (TPSA) is 179 Å². The molecule has 4 aromatic carbocycles. The van der Waals surface area contributed by atoms with Gasteiger partial charge in [0.2, 0.25) is 10.0 Å². The van der Waals surface area contributed by atoms with E-state index >= 15 is 0 Å². The fourth-order valence-electron chi connectivity index (χ4n) is 7.93. The molecule has 0 bridgehead atoms. The number of benzene rings is 4. The molecular weight excluding hydrogens is 791 g/mol. The Kier molecular flexibility index (Phi) is 16.4. The van der Waals surface area contributed by atoms with Gasteiger partial charge in [-0.2, -0.15) is 4.31 Å². The Morgan fingerprint density at radius 2 is 1.25 bits per heavy atom. The van der Waals surface area contributed by atoms with Gasteiger partial charge in [-0.15, -0.1) is 0 Å². The van der Waals surface area contributed by atoms with Gasteiger partial charge in [0.1, 0.15) is 0 Å². The zero-order valence-corrected chi connectivity index (χ0v) is 38.5. The first kappa shape index (κ1) is 46.5. The Balaban J connectivity index is 0.00000331. The quantitative estimate of drug-likeness (QED) is 0.148. The van der Waals surface area contributed by atoms with Gasteiger partial charge in [0.05, 0.1) is 22.1 Å². The molecule has 0 unspecified atom stereocenters. The van der Waals surface area contributed by atoms with E-state index in [1.165, 1.54) is 40.7 Å². The molecule has 0 atom stereocenters. The van der Waals surface area contributed by atoms with Crippen LogP contribution in [0.15, 0.2) is 95.9 Å².